The molecule has 0 amide bonds. The highest BCUT2D eigenvalue weighted by molar-refractivity contribution is 7.26. The van der Waals surface area contributed by atoms with Crippen molar-refractivity contribution in [3.05, 3.63) is 164 Å². The Morgan fingerprint density at radius 3 is 1.85 bits per heavy atom. The Morgan fingerprint density at radius 2 is 1.08 bits per heavy atom. The summed E-state index contributed by atoms with van der Waals surface area (Å²) in [7, 11) is 0. The summed E-state index contributed by atoms with van der Waals surface area (Å²) in [6, 6.07) is 58.4. The fraction of sp³-hybridized carbons (Fsp3) is 0. The van der Waals surface area contributed by atoms with Crippen LogP contribution in [0.4, 0.5) is 0 Å². The van der Waals surface area contributed by atoms with E-state index in [2.05, 4.69) is 168 Å². The van der Waals surface area contributed by atoms with Crippen LogP contribution in [0.1, 0.15) is 0 Å². The van der Waals surface area contributed by atoms with Gasteiger partial charge in [-0.2, -0.15) is 0 Å². The van der Waals surface area contributed by atoms with E-state index in [9.17, 15) is 0 Å². The minimum absolute atomic E-state index is 0.728. The molecule has 0 saturated heterocycles. The van der Waals surface area contributed by atoms with E-state index in [4.69, 9.17) is 9.97 Å². The van der Waals surface area contributed by atoms with Crippen LogP contribution in [0.5, 0.6) is 0 Å². The maximum Gasteiger partial charge on any atom is 0.160 e. The first-order valence-electron chi connectivity index (χ1n) is 16.2. The predicted molar refractivity (Wildman–Crippen MR) is 203 cm³/mol. The van der Waals surface area contributed by atoms with Gasteiger partial charge in [0.15, 0.2) is 5.82 Å². The fourth-order valence-corrected chi connectivity index (χ4v) is 8.27. The standard InChI is InChI=1S/C44H27N3S/c1-2-10-28(11-3-1)32-22-25-37-40(27-32)48-43-41(33-19-18-29-12-4-5-13-31(29)26-33)45-44(46-42(37)43)30-20-23-34(24-21-30)47-38-16-8-6-14-35(38)36-15-7-9-17-39(36)47/h1-27H. The van der Waals surface area contributed by atoms with Crippen LogP contribution in [0.25, 0.3) is 92.3 Å². The molecule has 0 spiro atoms. The summed E-state index contributed by atoms with van der Waals surface area (Å²) >= 11 is 1.78. The van der Waals surface area contributed by atoms with Gasteiger partial charge in [-0.3, -0.25) is 0 Å². The van der Waals surface area contributed by atoms with Gasteiger partial charge in [0, 0.05) is 37.7 Å². The van der Waals surface area contributed by atoms with Crippen LogP contribution in [0.15, 0.2) is 164 Å². The van der Waals surface area contributed by atoms with Crippen molar-refractivity contribution < 1.29 is 0 Å². The summed E-state index contributed by atoms with van der Waals surface area (Å²) in [5.41, 5.74) is 9.97. The molecular weight excluding hydrogens is 603 g/mol. The molecule has 0 aliphatic carbocycles. The second-order valence-corrected chi connectivity index (χ2v) is 13.3. The smallest absolute Gasteiger partial charge is 0.160 e. The molecule has 0 N–H and O–H groups in total. The van der Waals surface area contributed by atoms with Gasteiger partial charge in [-0.15, -0.1) is 11.3 Å². The Morgan fingerprint density at radius 1 is 0.438 bits per heavy atom. The second-order valence-electron chi connectivity index (χ2n) is 12.2. The fourth-order valence-electron chi connectivity index (χ4n) is 7.07. The van der Waals surface area contributed by atoms with Crippen LogP contribution in [-0.2, 0) is 0 Å². The summed E-state index contributed by atoms with van der Waals surface area (Å²) in [4.78, 5) is 10.6. The summed E-state index contributed by atoms with van der Waals surface area (Å²) < 4.78 is 4.66. The minimum Gasteiger partial charge on any atom is -0.309 e. The average molecular weight is 630 g/mol. The topological polar surface area (TPSA) is 30.7 Å². The molecule has 10 aromatic rings. The quantitative estimate of drug-likeness (QED) is 0.194. The number of fused-ring (bicyclic) bond motifs is 7. The molecule has 10 rings (SSSR count). The zero-order chi connectivity index (χ0) is 31.6. The average Bonchev–Trinajstić information content (AvgIpc) is 3.70. The van der Waals surface area contributed by atoms with Crippen molar-refractivity contribution in [2.45, 2.75) is 0 Å². The molecule has 224 valence electrons. The first-order chi connectivity index (χ1) is 23.8. The number of hydrogen-bond donors (Lipinski definition) is 0. The Bertz CT molecular complexity index is 2770. The molecule has 0 bridgehead atoms. The summed E-state index contributed by atoms with van der Waals surface area (Å²) in [6.45, 7) is 0. The summed E-state index contributed by atoms with van der Waals surface area (Å²) in [5.74, 6) is 0.728. The van der Waals surface area contributed by atoms with Crippen LogP contribution in [-0.4, -0.2) is 14.5 Å². The van der Waals surface area contributed by atoms with Crippen molar-refractivity contribution in [2.24, 2.45) is 0 Å². The Labute approximate surface area is 281 Å². The van der Waals surface area contributed by atoms with E-state index in [-0.39, 0.29) is 0 Å². The normalized spacial score (nSPS) is 11.8. The molecule has 0 atom stereocenters. The van der Waals surface area contributed by atoms with Crippen LogP contribution in [0, 0.1) is 0 Å². The van der Waals surface area contributed by atoms with Gasteiger partial charge in [-0.1, -0.05) is 115 Å². The summed E-state index contributed by atoms with van der Waals surface area (Å²) in [5, 5.41) is 6.08. The van der Waals surface area contributed by atoms with Gasteiger partial charge in [-0.05, 0) is 70.4 Å². The molecule has 3 heterocycles. The third kappa shape index (κ3) is 4.27. The van der Waals surface area contributed by atoms with Gasteiger partial charge in [0.2, 0.25) is 0 Å². The van der Waals surface area contributed by atoms with Gasteiger partial charge in [0.1, 0.15) is 0 Å². The molecule has 0 aliphatic rings. The molecule has 0 fully saturated rings. The molecule has 0 unspecified atom stereocenters. The number of para-hydroxylation sites is 2. The first kappa shape index (κ1) is 27.1. The number of benzene rings is 7. The maximum atomic E-state index is 5.31. The van der Waals surface area contributed by atoms with Crippen LogP contribution in [0.3, 0.4) is 0 Å². The van der Waals surface area contributed by atoms with Gasteiger partial charge in [-0.25, -0.2) is 9.97 Å². The maximum absolute atomic E-state index is 5.31. The van der Waals surface area contributed by atoms with Crippen LogP contribution < -0.4 is 0 Å². The van der Waals surface area contributed by atoms with E-state index in [1.54, 1.807) is 11.3 Å². The monoisotopic (exact) mass is 629 g/mol. The van der Waals surface area contributed by atoms with E-state index in [0.29, 0.717) is 0 Å². The van der Waals surface area contributed by atoms with Crippen molar-refractivity contribution >= 4 is 64.2 Å². The summed E-state index contributed by atoms with van der Waals surface area (Å²) in [6.07, 6.45) is 0. The van der Waals surface area contributed by atoms with Crippen molar-refractivity contribution in [1.29, 1.82) is 0 Å². The molecule has 3 nitrogen and oxygen atoms in total. The van der Waals surface area contributed by atoms with E-state index >= 15 is 0 Å². The molecule has 0 radical (unpaired) electrons. The number of rotatable bonds is 4. The van der Waals surface area contributed by atoms with Crippen molar-refractivity contribution in [3.63, 3.8) is 0 Å². The lowest BCUT2D eigenvalue weighted by molar-refractivity contribution is 1.17. The van der Waals surface area contributed by atoms with Gasteiger partial charge in [0.05, 0.1) is 26.9 Å². The van der Waals surface area contributed by atoms with Gasteiger partial charge < -0.3 is 4.57 Å². The Kier molecular flexibility index (Phi) is 6.05. The first-order valence-corrected chi connectivity index (χ1v) is 17.0. The van der Waals surface area contributed by atoms with E-state index in [1.807, 2.05) is 0 Å². The van der Waals surface area contributed by atoms with Crippen molar-refractivity contribution in [3.8, 4) is 39.5 Å². The SMILES string of the molecule is c1ccc(-c2ccc3c(c2)sc2c(-c4ccc5ccccc5c4)nc(-c4ccc(-n5c6ccccc6c6ccccc65)cc4)nc23)cc1. The highest BCUT2D eigenvalue weighted by Gasteiger charge is 2.18. The largest absolute Gasteiger partial charge is 0.309 e. The highest BCUT2D eigenvalue weighted by atomic mass is 32.1. The molecule has 0 aliphatic heterocycles. The number of aromatic nitrogens is 3. The van der Waals surface area contributed by atoms with E-state index in [0.717, 1.165) is 43.9 Å². The minimum atomic E-state index is 0.728. The molecule has 3 aromatic heterocycles. The van der Waals surface area contributed by atoms with Crippen LogP contribution in [0.2, 0.25) is 0 Å². The number of thiophene rings is 1. The van der Waals surface area contributed by atoms with Gasteiger partial charge >= 0.3 is 0 Å². The molecule has 4 heteroatoms. The Balaban J connectivity index is 1.16. The number of hydrogen-bond acceptors (Lipinski definition) is 3. The van der Waals surface area contributed by atoms with Crippen molar-refractivity contribution in [2.75, 3.05) is 0 Å². The lowest BCUT2D eigenvalue weighted by Gasteiger charge is -2.10. The third-order valence-corrected chi connectivity index (χ3v) is 10.6. The van der Waals surface area contributed by atoms with Crippen molar-refractivity contribution in [1.82, 2.24) is 14.5 Å². The van der Waals surface area contributed by atoms with E-state index in [1.165, 1.54) is 48.4 Å². The molecule has 48 heavy (non-hydrogen) atoms. The molecular formula is C44H27N3S. The zero-order valence-corrected chi connectivity index (χ0v) is 26.7. The van der Waals surface area contributed by atoms with Gasteiger partial charge in [0.25, 0.3) is 0 Å². The Hall–Kier alpha value is -6.10. The third-order valence-electron chi connectivity index (χ3n) is 9.41. The highest BCUT2D eigenvalue weighted by Crippen LogP contribution is 2.41. The lowest BCUT2D eigenvalue weighted by atomic mass is 10.0. The zero-order valence-electron chi connectivity index (χ0n) is 25.8. The molecule has 0 saturated carbocycles. The van der Waals surface area contributed by atoms with Crippen LogP contribution >= 0.6 is 11.3 Å². The molecule has 7 aromatic carbocycles. The van der Waals surface area contributed by atoms with E-state index < -0.39 is 0 Å². The number of nitrogens with zero attached hydrogens (tertiary/aromatic N) is 3. The second kappa shape index (κ2) is 10.7. The lowest BCUT2D eigenvalue weighted by Crippen LogP contribution is -1.96. The predicted octanol–water partition coefficient (Wildman–Crippen LogP) is 12.1.